The average Bonchev–Trinajstić information content (AvgIpc) is 3.08. The number of hydrogen-bond acceptors (Lipinski definition) is 8. The molecule has 0 bridgehead atoms. The molecule has 0 amide bonds. The van der Waals surface area contributed by atoms with Crippen LogP contribution in [0.25, 0.3) is 0 Å². The van der Waals surface area contributed by atoms with E-state index in [0.717, 1.165) is 29.0 Å². The number of rotatable bonds is 10. The Hall–Kier alpha value is -1.48. The first-order chi connectivity index (χ1) is 17.4. The highest BCUT2D eigenvalue weighted by Crippen LogP contribution is 2.75. The zero-order valence-corrected chi connectivity index (χ0v) is 22.4. The van der Waals surface area contributed by atoms with Crippen molar-refractivity contribution in [3.05, 3.63) is 68.5 Å². The first-order valence-corrected chi connectivity index (χ1v) is 14.5. The predicted molar refractivity (Wildman–Crippen MR) is 128 cm³/mol. The third-order valence-corrected chi connectivity index (χ3v) is 11.9. The number of ether oxygens (including phenoxy) is 1. The lowest BCUT2D eigenvalue weighted by Gasteiger charge is -2.29. The van der Waals surface area contributed by atoms with Gasteiger partial charge in [-0.3, -0.25) is 23.1 Å². The summed E-state index contributed by atoms with van der Waals surface area (Å²) in [5, 5.41) is 21.4. The Balaban J connectivity index is 1.74. The molecule has 1 aliphatic rings. The molecule has 1 saturated heterocycles. The SMILES string of the molecule is O=c1ccn([C@@H]2OCC(O)(CCOP(=O)(O)C(Cl)(Cl)P(=O)(O)O)C2O)c(=O)n1CCc1ccc(F)cc1F. The molecule has 2 heterocycles. The number of halogens is 4. The number of aliphatic hydroxyl groups excluding tert-OH is 1. The largest absolute Gasteiger partial charge is 0.385 e. The molecule has 19 heteroatoms. The molecule has 3 rings (SSSR count). The smallest absolute Gasteiger partial charge is 0.376 e. The van der Waals surface area contributed by atoms with Gasteiger partial charge in [-0.2, -0.15) is 0 Å². The van der Waals surface area contributed by atoms with E-state index in [1.807, 2.05) is 0 Å². The van der Waals surface area contributed by atoms with Crippen LogP contribution in [-0.4, -0.2) is 62.8 Å². The molecule has 0 spiro atoms. The van der Waals surface area contributed by atoms with Crippen molar-refractivity contribution in [2.75, 3.05) is 13.2 Å². The molecule has 0 aliphatic carbocycles. The molecule has 4 atom stereocenters. The minimum atomic E-state index is -5.53. The number of alkyl halides is 2. The van der Waals surface area contributed by atoms with Gasteiger partial charge in [-0.05, 0) is 18.1 Å². The average molecular weight is 625 g/mol. The Bertz CT molecular complexity index is 1420. The Morgan fingerprint density at radius 1 is 1.18 bits per heavy atom. The van der Waals surface area contributed by atoms with Crippen molar-refractivity contribution in [1.29, 1.82) is 0 Å². The summed E-state index contributed by atoms with van der Waals surface area (Å²) >= 11 is 10.6. The summed E-state index contributed by atoms with van der Waals surface area (Å²) in [6.45, 7) is -1.82. The van der Waals surface area contributed by atoms with E-state index >= 15 is 0 Å². The zero-order chi connectivity index (χ0) is 28.7. The molecule has 0 radical (unpaired) electrons. The van der Waals surface area contributed by atoms with Gasteiger partial charge in [-0.1, -0.05) is 29.3 Å². The fourth-order valence-electron chi connectivity index (χ4n) is 3.60. The maximum atomic E-state index is 13.9. The van der Waals surface area contributed by atoms with Crippen molar-refractivity contribution in [2.24, 2.45) is 0 Å². The van der Waals surface area contributed by atoms with Gasteiger partial charge in [-0.25, -0.2) is 13.6 Å². The van der Waals surface area contributed by atoms with E-state index < -0.39 is 79.5 Å². The van der Waals surface area contributed by atoms with Gasteiger partial charge in [0.25, 0.3) is 5.56 Å². The molecular weight excluding hydrogens is 603 g/mol. The van der Waals surface area contributed by atoms with Gasteiger partial charge < -0.3 is 34.2 Å². The predicted octanol–water partition coefficient (Wildman–Crippen LogP) is 1.01. The number of aromatic nitrogens is 2. The molecular formula is C19H22Cl2F2N2O11P2. The van der Waals surface area contributed by atoms with Crippen LogP contribution in [0.4, 0.5) is 8.78 Å². The van der Waals surface area contributed by atoms with E-state index in [-0.39, 0.29) is 18.5 Å². The van der Waals surface area contributed by atoms with Gasteiger partial charge in [0.05, 0.1) is 13.2 Å². The lowest BCUT2D eigenvalue weighted by atomic mass is 9.95. The molecule has 38 heavy (non-hydrogen) atoms. The second-order valence-electron chi connectivity index (χ2n) is 8.39. The number of benzene rings is 1. The van der Waals surface area contributed by atoms with Crippen molar-refractivity contribution in [1.82, 2.24) is 9.13 Å². The fourth-order valence-corrected chi connectivity index (χ4v) is 5.88. The van der Waals surface area contributed by atoms with Gasteiger partial charge in [0.2, 0.25) is 0 Å². The molecule has 212 valence electrons. The van der Waals surface area contributed by atoms with Crippen molar-refractivity contribution in [3.63, 3.8) is 0 Å². The Kier molecular flexibility index (Phi) is 9.14. The zero-order valence-electron chi connectivity index (χ0n) is 19.1. The number of aliphatic hydroxyl groups is 2. The molecule has 1 fully saturated rings. The summed E-state index contributed by atoms with van der Waals surface area (Å²) in [5.41, 5.74) is -3.90. The Morgan fingerprint density at radius 2 is 1.84 bits per heavy atom. The van der Waals surface area contributed by atoms with Crippen LogP contribution in [0.5, 0.6) is 0 Å². The molecule has 2 aromatic rings. The van der Waals surface area contributed by atoms with Crippen molar-refractivity contribution in [3.8, 4) is 0 Å². The molecule has 0 saturated carbocycles. The lowest BCUT2D eigenvalue weighted by molar-refractivity contribution is -0.0714. The lowest BCUT2D eigenvalue weighted by Crippen LogP contribution is -2.47. The third-order valence-electron chi connectivity index (χ3n) is 5.81. The minimum absolute atomic E-state index is 0.0393. The van der Waals surface area contributed by atoms with E-state index in [1.54, 1.807) is 0 Å². The summed E-state index contributed by atoms with van der Waals surface area (Å²) in [6, 6.07) is 3.78. The van der Waals surface area contributed by atoms with Gasteiger partial charge in [0.1, 0.15) is 23.3 Å². The maximum Gasteiger partial charge on any atom is 0.376 e. The highest BCUT2D eigenvalue weighted by molar-refractivity contribution is 7.78. The Morgan fingerprint density at radius 3 is 2.45 bits per heavy atom. The highest BCUT2D eigenvalue weighted by atomic mass is 35.5. The Labute approximate surface area is 222 Å². The van der Waals surface area contributed by atoms with E-state index in [4.69, 9.17) is 37.7 Å². The topological polar surface area (TPSA) is 198 Å². The molecule has 5 N–H and O–H groups in total. The summed E-state index contributed by atoms with van der Waals surface area (Å²) in [4.78, 5) is 53.1. The quantitative estimate of drug-likeness (QED) is 0.187. The normalized spacial score (nSPS) is 23.9. The molecule has 1 aromatic heterocycles. The minimum Gasteiger partial charge on any atom is -0.385 e. The maximum absolute atomic E-state index is 13.9. The van der Waals surface area contributed by atoms with Crippen molar-refractivity contribution in [2.45, 2.75) is 41.1 Å². The number of nitrogens with zero attached hydrogens (tertiary/aromatic N) is 2. The molecule has 3 unspecified atom stereocenters. The van der Waals surface area contributed by atoms with E-state index in [9.17, 15) is 42.6 Å². The van der Waals surface area contributed by atoms with Crippen LogP contribution >= 0.6 is 38.4 Å². The van der Waals surface area contributed by atoms with Crippen LogP contribution in [-0.2, 0) is 31.4 Å². The van der Waals surface area contributed by atoms with Crippen molar-refractivity contribution < 1.29 is 52.1 Å². The summed E-state index contributed by atoms with van der Waals surface area (Å²) in [7, 11) is -10.9. The molecule has 13 nitrogen and oxygen atoms in total. The van der Waals surface area contributed by atoms with Crippen molar-refractivity contribution >= 4 is 38.4 Å². The van der Waals surface area contributed by atoms with E-state index in [1.165, 1.54) is 0 Å². The number of aryl methyl sites for hydroxylation is 1. The molecule has 1 aromatic carbocycles. The van der Waals surface area contributed by atoms with Gasteiger partial charge in [0.15, 0.2) is 6.23 Å². The second kappa shape index (κ2) is 11.2. The van der Waals surface area contributed by atoms with Gasteiger partial charge >= 0.3 is 24.7 Å². The summed E-state index contributed by atoms with van der Waals surface area (Å²) in [5.74, 6) is -1.67. The highest BCUT2D eigenvalue weighted by Gasteiger charge is 2.60. The fraction of sp³-hybridized carbons (Fsp3) is 0.474. The van der Waals surface area contributed by atoms with Gasteiger partial charge in [0, 0.05) is 31.3 Å². The summed E-state index contributed by atoms with van der Waals surface area (Å²) < 4.78 is 58.3. The van der Waals surface area contributed by atoms with Crippen LogP contribution in [0.2, 0.25) is 0 Å². The van der Waals surface area contributed by atoms with Crippen LogP contribution in [0.1, 0.15) is 18.2 Å². The van der Waals surface area contributed by atoms with E-state index in [0.29, 0.717) is 10.6 Å². The van der Waals surface area contributed by atoms with Crippen LogP contribution in [0.15, 0.2) is 40.1 Å². The summed E-state index contributed by atoms with van der Waals surface area (Å²) in [6.07, 6.45) is -3.20. The standard InChI is InChI=1S/C19H22Cl2F2N2O11P2/c20-19(21,37(30,31)32)38(33,34)36-8-5-18(29)10-35-16(15(18)27)25-7-4-14(26)24(17(25)28)6-3-11-1-2-12(22)9-13(11)23/h1-2,4,7,9,15-16,27,29H,3,5-6,8,10H2,(H,33,34)(H2,30,31,32)/t15?,16-,18?/m1/s1. The van der Waals surface area contributed by atoms with E-state index in [2.05, 4.69) is 4.52 Å². The monoisotopic (exact) mass is 624 g/mol. The van der Waals surface area contributed by atoms with Crippen LogP contribution in [0.3, 0.4) is 0 Å². The van der Waals surface area contributed by atoms with Crippen LogP contribution in [0, 0.1) is 11.6 Å². The molecule has 1 aliphatic heterocycles. The van der Waals surface area contributed by atoms with Crippen LogP contribution < -0.4 is 11.2 Å². The van der Waals surface area contributed by atoms with Gasteiger partial charge in [-0.15, -0.1) is 0 Å². The third kappa shape index (κ3) is 6.13. The first-order valence-electron chi connectivity index (χ1n) is 10.6. The number of hydrogen-bond donors (Lipinski definition) is 5. The first kappa shape index (κ1) is 31.1. The second-order valence-corrected chi connectivity index (χ2v) is 14.9.